The van der Waals surface area contributed by atoms with Crippen LogP contribution in [0.25, 0.3) is 0 Å². The van der Waals surface area contributed by atoms with Crippen LogP contribution < -0.4 is 14.5 Å². The van der Waals surface area contributed by atoms with Crippen LogP contribution >= 0.6 is 11.6 Å². The van der Waals surface area contributed by atoms with Gasteiger partial charge in [-0.2, -0.15) is 0 Å². The molecule has 0 radical (unpaired) electrons. The highest BCUT2D eigenvalue weighted by atomic mass is 35.5. The van der Waals surface area contributed by atoms with Gasteiger partial charge in [-0.1, -0.05) is 23.7 Å². The van der Waals surface area contributed by atoms with Crippen molar-refractivity contribution in [3.8, 4) is 0 Å². The Labute approximate surface area is 167 Å². The van der Waals surface area contributed by atoms with Gasteiger partial charge in [-0.25, -0.2) is 13.1 Å². The fourth-order valence-electron chi connectivity index (χ4n) is 3.57. The minimum atomic E-state index is -3.56. The predicted octanol–water partition coefficient (Wildman–Crippen LogP) is 2.10. The lowest BCUT2D eigenvalue weighted by molar-refractivity contribution is -0.918. The molecule has 3 rings (SSSR count). The van der Waals surface area contributed by atoms with Crippen molar-refractivity contribution >= 4 is 27.3 Å². The van der Waals surface area contributed by atoms with Crippen LogP contribution in [0, 0.1) is 0 Å². The van der Waals surface area contributed by atoms with Gasteiger partial charge >= 0.3 is 0 Å². The van der Waals surface area contributed by atoms with Crippen molar-refractivity contribution in [2.45, 2.75) is 23.8 Å². The van der Waals surface area contributed by atoms with Crippen molar-refractivity contribution in [1.29, 1.82) is 0 Å². The van der Waals surface area contributed by atoms with Crippen LogP contribution in [0.1, 0.15) is 24.4 Å². The van der Waals surface area contributed by atoms with Crippen molar-refractivity contribution in [2.75, 3.05) is 38.6 Å². The topological polar surface area (TPSA) is 53.9 Å². The zero-order valence-electron chi connectivity index (χ0n) is 15.8. The number of likely N-dealkylation sites (tertiary alicyclic amines) is 1. The maximum Gasteiger partial charge on any atom is 0.240 e. The summed E-state index contributed by atoms with van der Waals surface area (Å²) >= 11 is 5.87. The molecule has 1 heterocycles. The number of hydrogen-bond donors (Lipinski definition) is 2. The average molecular weight is 409 g/mol. The Morgan fingerprint density at radius 1 is 1.04 bits per heavy atom. The summed E-state index contributed by atoms with van der Waals surface area (Å²) in [7, 11) is 0.463. The largest absolute Gasteiger partial charge is 0.378 e. The highest BCUT2D eigenvalue weighted by molar-refractivity contribution is 7.89. The number of rotatable bonds is 7. The van der Waals surface area contributed by atoms with Gasteiger partial charge in [0.15, 0.2) is 0 Å². The van der Waals surface area contributed by atoms with E-state index < -0.39 is 10.0 Å². The third kappa shape index (κ3) is 5.02. The summed E-state index contributed by atoms with van der Waals surface area (Å²) in [5, 5.41) is 0.523. The number of halogens is 1. The molecule has 2 N–H and O–H groups in total. The zero-order valence-corrected chi connectivity index (χ0v) is 17.4. The third-order valence-electron chi connectivity index (χ3n) is 5.15. The van der Waals surface area contributed by atoms with Crippen LogP contribution in [0.2, 0.25) is 5.02 Å². The summed E-state index contributed by atoms with van der Waals surface area (Å²) in [5.74, 6) is 0. The van der Waals surface area contributed by atoms with Gasteiger partial charge < -0.3 is 9.80 Å². The van der Waals surface area contributed by atoms with Gasteiger partial charge in [-0.3, -0.25) is 0 Å². The summed E-state index contributed by atoms with van der Waals surface area (Å²) in [5.41, 5.74) is 2.30. The summed E-state index contributed by atoms with van der Waals surface area (Å²) in [4.78, 5) is 3.74. The van der Waals surface area contributed by atoms with E-state index >= 15 is 0 Å². The molecule has 7 heteroatoms. The van der Waals surface area contributed by atoms with Crippen LogP contribution in [-0.4, -0.2) is 42.1 Å². The minimum absolute atomic E-state index is 0.103. The van der Waals surface area contributed by atoms with Gasteiger partial charge in [-0.15, -0.1) is 0 Å². The van der Waals surface area contributed by atoms with E-state index in [2.05, 4.69) is 33.9 Å². The molecule has 1 aliphatic heterocycles. The summed E-state index contributed by atoms with van der Waals surface area (Å²) in [6, 6.07) is 14.8. The Hall–Kier alpha value is -1.60. The molecule has 27 heavy (non-hydrogen) atoms. The number of benzene rings is 2. The Morgan fingerprint density at radius 2 is 1.63 bits per heavy atom. The predicted molar refractivity (Wildman–Crippen MR) is 110 cm³/mol. The Bertz CT molecular complexity index is 846. The quantitative estimate of drug-likeness (QED) is 0.737. The molecule has 0 spiro atoms. The second-order valence-corrected chi connectivity index (χ2v) is 9.41. The van der Waals surface area contributed by atoms with Crippen LogP contribution in [0.3, 0.4) is 0 Å². The van der Waals surface area contributed by atoms with E-state index in [0.717, 1.165) is 24.3 Å². The lowest BCUT2D eigenvalue weighted by atomic mass is 10.1. The molecule has 0 amide bonds. The molecule has 0 unspecified atom stereocenters. The molecular weight excluding hydrogens is 382 g/mol. The van der Waals surface area contributed by atoms with Gasteiger partial charge in [0.2, 0.25) is 10.0 Å². The average Bonchev–Trinajstić information content (AvgIpc) is 3.17. The number of nitrogens with zero attached hydrogens (tertiary/aromatic N) is 1. The maximum absolute atomic E-state index is 12.7. The van der Waals surface area contributed by atoms with E-state index in [9.17, 15) is 8.42 Å². The van der Waals surface area contributed by atoms with Gasteiger partial charge in [0.25, 0.3) is 0 Å². The van der Waals surface area contributed by atoms with Crippen molar-refractivity contribution in [2.24, 2.45) is 0 Å². The standard InChI is InChI=1S/C20H26ClN3O2S/c1-23(2)18-9-5-16(6-10-18)20(24-13-3-4-14-24)15-22-27(25,26)19-11-7-17(21)8-12-19/h5-12,20,22H,3-4,13-15H2,1-2H3/p+1/t20-/m0/s1. The first-order chi connectivity index (χ1) is 12.9. The number of anilines is 1. The van der Waals surface area contributed by atoms with Crippen molar-refractivity contribution in [1.82, 2.24) is 4.72 Å². The van der Waals surface area contributed by atoms with Crippen LogP contribution in [-0.2, 0) is 10.0 Å². The van der Waals surface area contributed by atoms with Crippen LogP contribution in [0.5, 0.6) is 0 Å². The lowest BCUT2D eigenvalue weighted by Gasteiger charge is -2.26. The number of nitrogens with one attached hydrogen (secondary N) is 2. The van der Waals surface area contributed by atoms with E-state index in [1.54, 1.807) is 12.1 Å². The second kappa shape index (κ2) is 8.61. The highest BCUT2D eigenvalue weighted by Crippen LogP contribution is 2.18. The summed E-state index contributed by atoms with van der Waals surface area (Å²) < 4.78 is 28.1. The molecule has 0 saturated carbocycles. The second-order valence-electron chi connectivity index (χ2n) is 7.21. The zero-order chi connectivity index (χ0) is 19.4. The molecule has 0 aromatic heterocycles. The summed E-state index contributed by atoms with van der Waals surface area (Å²) in [6.07, 6.45) is 2.37. The third-order valence-corrected chi connectivity index (χ3v) is 6.84. The van der Waals surface area contributed by atoms with Gasteiger partial charge in [0, 0.05) is 43.2 Å². The molecule has 1 saturated heterocycles. The summed E-state index contributed by atoms with van der Waals surface area (Å²) in [6.45, 7) is 2.52. The van der Waals surface area contributed by atoms with E-state index in [-0.39, 0.29) is 10.9 Å². The highest BCUT2D eigenvalue weighted by Gasteiger charge is 2.29. The Morgan fingerprint density at radius 3 is 2.19 bits per heavy atom. The molecule has 146 valence electrons. The Kier molecular flexibility index (Phi) is 6.42. The van der Waals surface area contributed by atoms with Gasteiger partial charge in [0.05, 0.1) is 24.5 Å². The lowest BCUT2D eigenvalue weighted by Crippen LogP contribution is -3.11. The van der Waals surface area contributed by atoms with Crippen LogP contribution in [0.4, 0.5) is 5.69 Å². The van der Waals surface area contributed by atoms with E-state index in [0.29, 0.717) is 11.6 Å². The molecular formula is C20H27ClN3O2S+. The first kappa shape index (κ1) is 20.1. The first-order valence-corrected chi connectivity index (χ1v) is 11.1. The first-order valence-electron chi connectivity index (χ1n) is 9.24. The van der Waals surface area contributed by atoms with Crippen molar-refractivity contribution in [3.63, 3.8) is 0 Å². The van der Waals surface area contributed by atoms with E-state index in [1.807, 2.05) is 14.1 Å². The molecule has 1 aliphatic rings. The Balaban J connectivity index is 1.78. The molecule has 0 bridgehead atoms. The molecule has 2 aromatic rings. The fourth-order valence-corrected chi connectivity index (χ4v) is 4.74. The normalized spacial score (nSPS) is 16.4. The van der Waals surface area contributed by atoms with Crippen LogP contribution in [0.15, 0.2) is 53.4 Å². The molecule has 1 fully saturated rings. The van der Waals surface area contributed by atoms with Crippen molar-refractivity contribution in [3.05, 3.63) is 59.1 Å². The van der Waals surface area contributed by atoms with E-state index in [4.69, 9.17) is 11.6 Å². The molecule has 2 aromatic carbocycles. The minimum Gasteiger partial charge on any atom is -0.378 e. The molecule has 1 atom stereocenters. The maximum atomic E-state index is 12.7. The van der Waals surface area contributed by atoms with Gasteiger partial charge in [-0.05, 0) is 36.4 Å². The van der Waals surface area contributed by atoms with E-state index in [1.165, 1.54) is 29.9 Å². The number of sulfonamides is 1. The SMILES string of the molecule is CN(C)c1ccc([C@H](CNS(=O)(=O)c2ccc(Cl)cc2)[NH+]2CCCC2)cc1. The fraction of sp³-hybridized carbons (Fsp3) is 0.400. The molecule has 5 nitrogen and oxygen atoms in total. The monoisotopic (exact) mass is 408 g/mol. The number of quaternary nitrogens is 1. The van der Waals surface area contributed by atoms with Crippen molar-refractivity contribution < 1.29 is 13.3 Å². The number of hydrogen-bond acceptors (Lipinski definition) is 3. The van der Waals surface area contributed by atoms with Gasteiger partial charge in [0.1, 0.15) is 6.04 Å². The smallest absolute Gasteiger partial charge is 0.240 e. The molecule has 0 aliphatic carbocycles.